The van der Waals surface area contributed by atoms with E-state index in [4.69, 9.17) is 0 Å². The molecule has 2 aromatic heterocycles. The molecule has 0 unspecified atom stereocenters. The van der Waals surface area contributed by atoms with E-state index in [1.807, 2.05) is 6.07 Å². The van der Waals surface area contributed by atoms with E-state index in [0.717, 1.165) is 5.56 Å². The third-order valence-corrected chi connectivity index (χ3v) is 4.04. The van der Waals surface area contributed by atoms with E-state index in [0.29, 0.717) is 11.4 Å². The van der Waals surface area contributed by atoms with Crippen molar-refractivity contribution in [3.8, 4) is 0 Å². The highest BCUT2D eigenvalue weighted by molar-refractivity contribution is 9.10. The molecule has 0 amide bonds. The maximum atomic E-state index is 12.2. The minimum atomic E-state index is -0.502. The maximum Gasteiger partial charge on any atom is 0.289 e. The minimum Gasteiger partial charge on any atom is -0.373 e. The molecule has 0 saturated heterocycles. The summed E-state index contributed by atoms with van der Waals surface area (Å²) in [4.78, 5) is 26.9. The monoisotopic (exact) mass is 352 g/mol. The summed E-state index contributed by atoms with van der Waals surface area (Å²) in [5.41, 5.74) is 0.675. The number of nitrogens with zero attached hydrogens (tertiary/aromatic N) is 3. The Labute approximate surface area is 128 Å². The fourth-order valence-corrected chi connectivity index (χ4v) is 2.41. The van der Waals surface area contributed by atoms with Crippen molar-refractivity contribution in [1.82, 2.24) is 9.55 Å². The summed E-state index contributed by atoms with van der Waals surface area (Å²) >= 11 is 3.13. The predicted molar refractivity (Wildman–Crippen MR) is 82.7 cm³/mol. The van der Waals surface area contributed by atoms with Crippen molar-refractivity contribution in [2.45, 2.75) is 13.5 Å². The van der Waals surface area contributed by atoms with Gasteiger partial charge in [-0.25, -0.2) is 4.98 Å². The van der Waals surface area contributed by atoms with Gasteiger partial charge in [0, 0.05) is 24.4 Å². The SMILES string of the molecule is CNc1ncccc1Cn1cc([N+](=O)[O-])c(C)c(Br)c1=O. The summed E-state index contributed by atoms with van der Waals surface area (Å²) in [6.07, 6.45) is 2.89. The lowest BCUT2D eigenvalue weighted by molar-refractivity contribution is -0.386. The van der Waals surface area contributed by atoms with Crippen LogP contribution in [0.5, 0.6) is 0 Å². The number of aromatic nitrogens is 2. The van der Waals surface area contributed by atoms with Gasteiger partial charge >= 0.3 is 0 Å². The van der Waals surface area contributed by atoms with Crippen molar-refractivity contribution in [2.75, 3.05) is 12.4 Å². The van der Waals surface area contributed by atoms with Gasteiger partial charge in [0.1, 0.15) is 5.82 Å². The van der Waals surface area contributed by atoms with Gasteiger partial charge in [-0.15, -0.1) is 0 Å². The fraction of sp³-hybridized carbons (Fsp3) is 0.231. The summed E-state index contributed by atoms with van der Waals surface area (Å²) in [5, 5.41) is 14.0. The van der Waals surface area contributed by atoms with E-state index in [1.165, 1.54) is 17.7 Å². The second-order valence-electron chi connectivity index (χ2n) is 4.40. The van der Waals surface area contributed by atoms with Crippen molar-refractivity contribution in [3.63, 3.8) is 0 Å². The molecule has 0 aliphatic carbocycles. The molecule has 0 atom stereocenters. The molecular weight excluding hydrogens is 340 g/mol. The molecule has 0 aliphatic rings. The van der Waals surface area contributed by atoms with Gasteiger partial charge < -0.3 is 9.88 Å². The summed E-state index contributed by atoms with van der Waals surface area (Å²) < 4.78 is 1.50. The molecule has 0 fully saturated rings. The second kappa shape index (κ2) is 6.04. The predicted octanol–water partition coefficient (Wildman–Crippen LogP) is 2.31. The van der Waals surface area contributed by atoms with Gasteiger partial charge in [0.25, 0.3) is 11.2 Å². The highest BCUT2D eigenvalue weighted by Gasteiger charge is 2.19. The highest BCUT2D eigenvalue weighted by atomic mass is 79.9. The Balaban J connectivity index is 2.55. The minimum absolute atomic E-state index is 0.101. The molecule has 7 nitrogen and oxygen atoms in total. The highest BCUT2D eigenvalue weighted by Crippen LogP contribution is 2.23. The number of pyridine rings is 2. The summed E-state index contributed by atoms with van der Waals surface area (Å²) in [7, 11) is 1.72. The summed E-state index contributed by atoms with van der Waals surface area (Å²) in [6.45, 7) is 1.74. The topological polar surface area (TPSA) is 90.1 Å². The Hall–Kier alpha value is -2.22. The molecule has 0 spiro atoms. The van der Waals surface area contributed by atoms with Crippen LogP contribution in [0, 0.1) is 17.0 Å². The van der Waals surface area contributed by atoms with Gasteiger partial charge in [0.15, 0.2) is 0 Å². The molecule has 2 rings (SSSR count). The maximum absolute atomic E-state index is 12.2. The van der Waals surface area contributed by atoms with E-state index in [-0.39, 0.29) is 22.3 Å². The first kappa shape index (κ1) is 15.2. The molecule has 110 valence electrons. The van der Waals surface area contributed by atoms with Crippen LogP contribution in [0.25, 0.3) is 0 Å². The van der Waals surface area contributed by atoms with Gasteiger partial charge in [0.05, 0.1) is 22.1 Å². The van der Waals surface area contributed by atoms with Gasteiger partial charge in [-0.2, -0.15) is 0 Å². The molecule has 0 radical (unpaired) electrons. The van der Waals surface area contributed by atoms with Crippen molar-refractivity contribution < 1.29 is 4.92 Å². The lowest BCUT2D eigenvalue weighted by Crippen LogP contribution is -2.23. The lowest BCUT2D eigenvalue weighted by Gasteiger charge is -2.11. The number of rotatable bonds is 4. The van der Waals surface area contributed by atoms with E-state index in [2.05, 4.69) is 26.2 Å². The zero-order valence-corrected chi connectivity index (χ0v) is 13.0. The summed E-state index contributed by atoms with van der Waals surface area (Å²) in [5.74, 6) is 0.628. The van der Waals surface area contributed by atoms with Gasteiger partial charge in [-0.05, 0) is 28.9 Å². The molecule has 0 aliphatic heterocycles. The van der Waals surface area contributed by atoms with Crippen LogP contribution in [0.1, 0.15) is 11.1 Å². The van der Waals surface area contributed by atoms with Crippen LogP contribution in [0.3, 0.4) is 0 Å². The van der Waals surface area contributed by atoms with Crippen LogP contribution in [0.15, 0.2) is 33.8 Å². The molecular formula is C13H13BrN4O3. The van der Waals surface area contributed by atoms with Crippen molar-refractivity contribution in [2.24, 2.45) is 0 Å². The average Bonchev–Trinajstić information content (AvgIpc) is 2.48. The first-order valence-electron chi connectivity index (χ1n) is 6.11. The molecule has 0 bridgehead atoms. The third kappa shape index (κ3) is 2.94. The smallest absolute Gasteiger partial charge is 0.289 e. The Morgan fingerprint density at radius 3 is 2.86 bits per heavy atom. The molecule has 0 saturated carbocycles. The Bertz CT molecular complexity index is 758. The summed E-state index contributed by atoms with van der Waals surface area (Å²) in [6, 6.07) is 3.56. The largest absolute Gasteiger partial charge is 0.373 e. The van der Waals surface area contributed by atoms with Crippen LogP contribution in [0.4, 0.5) is 11.5 Å². The number of hydrogen-bond acceptors (Lipinski definition) is 5. The first-order valence-corrected chi connectivity index (χ1v) is 6.90. The van der Waals surface area contributed by atoms with Crippen LogP contribution in [-0.4, -0.2) is 21.5 Å². The van der Waals surface area contributed by atoms with Crippen LogP contribution >= 0.6 is 15.9 Å². The van der Waals surface area contributed by atoms with Crippen LogP contribution < -0.4 is 10.9 Å². The molecule has 1 N–H and O–H groups in total. The van der Waals surface area contributed by atoms with Crippen molar-refractivity contribution in [3.05, 3.63) is 60.6 Å². The number of hydrogen-bond donors (Lipinski definition) is 1. The van der Waals surface area contributed by atoms with E-state index < -0.39 is 4.92 Å². The van der Waals surface area contributed by atoms with Crippen molar-refractivity contribution >= 4 is 27.4 Å². The molecule has 2 aromatic rings. The molecule has 2 heterocycles. The van der Waals surface area contributed by atoms with Crippen LogP contribution in [0.2, 0.25) is 0 Å². The second-order valence-corrected chi connectivity index (χ2v) is 5.20. The molecule has 8 heteroatoms. The lowest BCUT2D eigenvalue weighted by atomic mass is 10.2. The first-order chi connectivity index (χ1) is 9.95. The quantitative estimate of drug-likeness (QED) is 0.673. The van der Waals surface area contributed by atoms with Crippen LogP contribution in [-0.2, 0) is 6.54 Å². The fourth-order valence-electron chi connectivity index (χ4n) is 1.98. The number of anilines is 1. The molecule has 0 aromatic carbocycles. The standard InChI is InChI=1S/C13H13BrN4O3/c1-8-10(18(20)21)7-17(13(19)11(8)14)6-9-4-3-5-16-12(9)15-2/h3-5,7H,6H2,1-2H3,(H,15,16). The Morgan fingerprint density at radius 1 is 1.52 bits per heavy atom. The van der Waals surface area contributed by atoms with Crippen molar-refractivity contribution in [1.29, 1.82) is 0 Å². The number of nitrogens with one attached hydrogen (secondary N) is 1. The average molecular weight is 353 g/mol. The van der Waals surface area contributed by atoms with Gasteiger partial charge in [-0.3, -0.25) is 14.9 Å². The number of nitro groups is 1. The number of halogens is 1. The van der Waals surface area contributed by atoms with E-state index in [9.17, 15) is 14.9 Å². The Kier molecular flexibility index (Phi) is 4.37. The van der Waals surface area contributed by atoms with E-state index in [1.54, 1.807) is 19.3 Å². The normalized spacial score (nSPS) is 10.4. The molecule has 21 heavy (non-hydrogen) atoms. The van der Waals surface area contributed by atoms with Gasteiger partial charge in [-0.1, -0.05) is 6.07 Å². The zero-order valence-electron chi connectivity index (χ0n) is 11.5. The van der Waals surface area contributed by atoms with Gasteiger partial charge in [0.2, 0.25) is 0 Å². The Morgan fingerprint density at radius 2 is 2.24 bits per heavy atom. The van der Waals surface area contributed by atoms with E-state index >= 15 is 0 Å². The third-order valence-electron chi connectivity index (χ3n) is 3.11. The zero-order chi connectivity index (χ0) is 15.6.